The standard InChI is InChI=1S/C11H11ClF3N/c1-3-7(2)16-10-5-8(11(13,14)15)4-9(12)6-10/h3-7,16H,1H2,2H3. The van der Waals surface area contributed by atoms with Gasteiger partial charge in [-0.2, -0.15) is 13.2 Å². The van der Waals surface area contributed by atoms with Crippen molar-refractivity contribution < 1.29 is 13.2 Å². The second-order valence-electron chi connectivity index (χ2n) is 3.40. The van der Waals surface area contributed by atoms with E-state index in [1.54, 1.807) is 13.0 Å². The molecule has 1 rings (SSSR count). The lowest BCUT2D eigenvalue weighted by Crippen LogP contribution is -2.12. The number of anilines is 1. The number of hydrogen-bond acceptors (Lipinski definition) is 1. The lowest BCUT2D eigenvalue weighted by atomic mass is 10.2. The van der Waals surface area contributed by atoms with E-state index in [9.17, 15) is 13.2 Å². The molecular weight excluding hydrogens is 239 g/mol. The molecule has 0 saturated carbocycles. The quantitative estimate of drug-likeness (QED) is 0.786. The first-order valence-electron chi connectivity index (χ1n) is 4.60. The Bertz CT molecular complexity index is 387. The van der Waals surface area contributed by atoms with E-state index in [2.05, 4.69) is 11.9 Å². The van der Waals surface area contributed by atoms with Crippen molar-refractivity contribution in [3.8, 4) is 0 Å². The average molecular weight is 250 g/mol. The molecule has 1 unspecified atom stereocenters. The van der Waals surface area contributed by atoms with Crippen molar-refractivity contribution in [3.05, 3.63) is 41.4 Å². The normalized spacial score (nSPS) is 13.3. The van der Waals surface area contributed by atoms with Crippen LogP contribution in [0.25, 0.3) is 0 Å². The second kappa shape index (κ2) is 4.78. The molecule has 0 aliphatic rings. The Kier molecular flexibility index (Phi) is 3.86. The van der Waals surface area contributed by atoms with Gasteiger partial charge in [-0.1, -0.05) is 17.7 Å². The van der Waals surface area contributed by atoms with E-state index in [1.807, 2.05) is 0 Å². The van der Waals surface area contributed by atoms with Gasteiger partial charge in [-0.25, -0.2) is 0 Å². The number of halogens is 4. The van der Waals surface area contributed by atoms with Crippen LogP contribution < -0.4 is 5.32 Å². The maximum Gasteiger partial charge on any atom is 0.416 e. The van der Waals surface area contributed by atoms with E-state index in [0.717, 1.165) is 12.1 Å². The molecule has 0 spiro atoms. The zero-order valence-corrected chi connectivity index (χ0v) is 9.36. The van der Waals surface area contributed by atoms with Crippen LogP contribution in [0.4, 0.5) is 18.9 Å². The molecule has 16 heavy (non-hydrogen) atoms. The van der Waals surface area contributed by atoms with Gasteiger partial charge in [-0.05, 0) is 25.1 Å². The van der Waals surface area contributed by atoms with Gasteiger partial charge in [0.25, 0.3) is 0 Å². The summed E-state index contributed by atoms with van der Waals surface area (Å²) in [7, 11) is 0. The number of benzene rings is 1. The molecule has 0 bridgehead atoms. The Labute approximate surface area is 96.9 Å². The van der Waals surface area contributed by atoms with E-state index in [1.165, 1.54) is 6.07 Å². The van der Waals surface area contributed by atoms with Crippen LogP contribution in [0.15, 0.2) is 30.9 Å². The zero-order valence-electron chi connectivity index (χ0n) is 8.61. The van der Waals surface area contributed by atoms with Gasteiger partial charge in [0.1, 0.15) is 0 Å². The number of alkyl halides is 3. The fourth-order valence-electron chi connectivity index (χ4n) is 1.16. The van der Waals surface area contributed by atoms with E-state index < -0.39 is 11.7 Å². The first-order chi connectivity index (χ1) is 7.32. The SMILES string of the molecule is C=CC(C)Nc1cc(Cl)cc(C(F)(F)F)c1. The summed E-state index contributed by atoms with van der Waals surface area (Å²) in [6.07, 6.45) is -2.80. The molecule has 0 fully saturated rings. The van der Waals surface area contributed by atoms with Gasteiger partial charge < -0.3 is 5.32 Å². The molecule has 0 heterocycles. The topological polar surface area (TPSA) is 12.0 Å². The molecule has 1 aromatic carbocycles. The van der Waals surface area contributed by atoms with Gasteiger partial charge in [0.2, 0.25) is 0 Å². The van der Waals surface area contributed by atoms with Crippen LogP contribution in [0.3, 0.4) is 0 Å². The van der Waals surface area contributed by atoms with E-state index in [-0.39, 0.29) is 11.1 Å². The predicted octanol–water partition coefficient (Wildman–Crippen LogP) is 4.35. The fraction of sp³-hybridized carbons (Fsp3) is 0.273. The van der Waals surface area contributed by atoms with Gasteiger partial charge in [0.15, 0.2) is 0 Å². The summed E-state index contributed by atoms with van der Waals surface area (Å²) in [4.78, 5) is 0. The molecule has 88 valence electrons. The minimum atomic E-state index is -4.39. The first-order valence-corrected chi connectivity index (χ1v) is 4.97. The zero-order chi connectivity index (χ0) is 12.3. The highest BCUT2D eigenvalue weighted by molar-refractivity contribution is 6.30. The third-order valence-corrected chi connectivity index (χ3v) is 2.19. The monoisotopic (exact) mass is 249 g/mol. The van der Waals surface area contributed by atoms with E-state index in [4.69, 9.17) is 11.6 Å². The summed E-state index contributed by atoms with van der Waals surface area (Å²) in [6.45, 7) is 5.31. The summed E-state index contributed by atoms with van der Waals surface area (Å²) >= 11 is 5.62. The van der Waals surface area contributed by atoms with Gasteiger partial charge in [-0.3, -0.25) is 0 Å². The predicted molar refractivity (Wildman–Crippen MR) is 59.7 cm³/mol. The third-order valence-electron chi connectivity index (χ3n) is 1.97. The second-order valence-corrected chi connectivity index (χ2v) is 3.83. The number of nitrogens with one attached hydrogen (secondary N) is 1. The highest BCUT2D eigenvalue weighted by Crippen LogP contribution is 2.33. The summed E-state index contributed by atoms with van der Waals surface area (Å²) in [5.41, 5.74) is -0.439. The van der Waals surface area contributed by atoms with Crippen molar-refractivity contribution in [2.45, 2.75) is 19.1 Å². The molecule has 0 radical (unpaired) electrons. The molecule has 1 nitrogen and oxygen atoms in total. The maximum absolute atomic E-state index is 12.5. The molecule has 1 atom stereocenters. The van der Waals surface area contributed by atoms with Crippen LogP contribution in [0, 0.1) is 0 Å². The van der Waals surface area contributed by atoms with E-state index in [0.29, 0.717) is 5.69 Å². The van der Waals surface area contributed by atoms with Crippen molar-refractivity contribution in [2.24, 2.45) is 0 Å². The molecule has 0 aliphatic heterocycles. The van der Waals surface area contributed by atoms with Crippen LogP contribution in [0.1, 0.15) is 12.5 Å². The Morgan fingerprint density at radius 1 is 1.38 bits per heavy atom. The number of rotatable bonds is 3. The molecule has 0 saturated heterocycles. The van der Waals surface area contributed by atoms with Gasteiger partial charge in [-0.15, -0.1) is 6.58 Å². The molecule has 0 aromatic heterocycles. The summed E-state index contributed by atoms with van der Waals surface area (Å²) in [5, 5.41) is 2.89. The third kappa shape index (κ3) is 3.45. The van der Waals surface area contributed by atoms with Gasteiger partial charge >= 0.3 is 6.18 Å². The largest absolute Gasteiger partial charge is 0.416 e. The Balaban J connectivity index is 3.03. The van der Waals surface area contributed by atoms with Crippen LogP contribution >= 0.6 is 11.6 Å². The minimum Gasteiger partial charge on any atom is -0.379 e. The van der Waals surface area contributed by atoms with Crippen molar-refractivity contribution in [3.63, 3.8) is 0 Å². The maximum atomic E-state index is 12.5. The molecule has 0 amide bonds. The van der Waals surface area contributed by atoms with Crippen LogP contribution in [0.5, 0.6) is 0 Å². The van der Waals surface area contributed by atoms with Crippen molar-refractivity contribution in [2.75, 3.05) is 5.32 Å². The minimum absolute atomic E-state index is 0.0496. The van der Waals surface area contributed by atoms with Crippen LogP contribution in [0.2, 0.25) is 5.02 Å². The highest BCUT2D eigenvalue weighted by atomic mass is 35.5. The van der Waals surface area contributed by atoms with Crippen LogP contribution in [-0.4, -0.2) is 6.04 Å². The van der Waals surface area contributed by atoms with Crippen molar-refractivity contribution in [1.82, 2.24) is 0 Å². The molecule has 1 aromatic rings. The molecule has 1 N–H and O–H groups in total. The molecular formula is C11H11ClF3N. The Hall–Kier alpha value is -1.16. The lowest BCUT2D eigenvalue weighted by molar-refractivity contribution is -0.137. The smallest absolute Gasteiger partial charge is 0.379 e. The van der Waals surface area contributed by atoms with Crippen molar-refractivity contribution in [1.29, 1.82) is 0 Å². The first kappa shape index (κ1) is 12.9. The fourth-order valence-corrected chi connectivity index (χ4v) is 1.39. The summed E-state index contributed by atoms with van der Waals surface area (Å²) < 4.78 is 37.4. The van der Waals surface area contributed by atoms with Gasteiger partial charge in [0, 0.05) is 16.8 Å². The average Bonchev–Trinajstić information content (AvgIpc) is 2.15. The number of hydrogen-bond donors (Lipinski definition) is 1. The lowest BCUT2D eigenvalue weighted by Gasteiger charge is -2.14. The highest BCUT2D eigenvalue weighted by Gasteiger charge is 2.31. The Morgan fingerprint density at radius 3 is 2.50 bits per heavy atom. The van der Waals surface area contributed by atoms with Gasteiger partial charge in [0.05, 0.1) is 5.56 Å². The molecule has 0 aliphatic carbocycles. The summed E-state index contributed by atoms with van der Waals surface area (Å²) in [6, 6.07) is 3.23. The Morgan fingerprint density at radius 2 is 2.00 bits per heavy atom. The van der Waals surface area contributed by atoms with Crippen LogP contribution in [-0.2, 0) is 6.18 Å². The van der Waals surface area contributed by atoms with E-state index >= 15 is 0 Å². The van der Waals surface area contributed by atoms with Crippen molar-refractivity contribution >= 4 is 17.3 Å². The summed E-state index contributed by atoms with van der Waals surface area (Å²) in [5.74, 6) is 0. The molecule has 5 heteroatoms.